The normalized spacial score (nSPS) is 16.7. The number of hydrogen-bond acceptors (Lipinski definition) is 4. The van der Waals surface area contributed by atoms with Gasteiger partial charge in [-0.3, -0.25) is 4.79 Å². The van der Waals surface area contributed by atoms with E-state index in [1.54, 1.807) is 0 Å². The second-order valence-electron chi connectivity index (χ2n) is 7.03. The van der Waals surface area contributed by atoms with E-state index in [4.69, 9.17) is 4.52 Å². The van der Waals surface area contributed by atoms with Crippen LogP contribution in [0, 0.1) is 6.92 Å². The number of amides is 1. The third-order valence-corrected chi connectivity index (χ3v) is 5.13. The molecule has 138 valence electrons. The first-order chi connectivity index (χ1) is 13.2. The lowest BCUT2D eigenvalue weighted by molar-refractivity contribution is 0.0710. The molecule has 1 amide bonds. The molecule has 0 aliphatic carbocycles. The predicted molar refractivity (Wildman–Crippen MR) is 103 cm³/mol. The zero-order valence-corrected chi connectivity index (χ0v) is 15.7. The fourth-order valence-electron chi connectivity index (χ4n) is 3.59. The predicted octanol–water partition coefficient (Wildman–Crippen LogP) is 4.58. The average Bonchev–Trinajstić information content (AvgIpc) is 3.37. The molecule has 1 aromatic heterocycles. The first kappa shape index (κ1) is 17.5. The summed E-state index contributed by atoms with van der Waals surface area (Å²) in [5, 5.41) is 4.14. The Morgan fingerprint density at radius 2 is 2.04 bits per heavy atom. The Hall–Kier alpha value is -2.95. The summed E-state index contributed by atoms with van der Waals surface area (Å²) in [5.41, 5.74) is 4.00. The van der Waals surface area contributed by atoms with Gasteiger partial charge < -0.3 is 9.42 Å². The number of rotatable bonds is 4. The average molecular weight is 361 g/mol. The van der Waals surface area contributed by atoms with Gasteiger partial charge in [0.2, 0.25) is 11.7 Å². The highest BCUT2D eigenvalue weighted by atomic mass is 16.5. The lowest BCUT2D eigenvalue weighted by Crippen LogP contribution is -2.30. The van der Waals surface area contributed by atoms with Gasteiger partial charge in [0.25, 0.3) is 5.91 Å². The van der Waals surface area contributed by atoms with Crippen LogP contribution in [0.3, 0.4) is 0 Å². The van der Waals surface area contributed by atoms with E-state index >= 15 is 0 Å². The zero-order valence-electron chi connectivity index (χ0n) is 15.7. The maximum atomic E-state index is 13.0. The van der Waals surface area contributed by atoms with Crippen LogP contribution in [0.4, 0.5) is 0 Å². The summed E-state index contributed by atoms with van der Waals surface area (Å²) in [4.78, 5) is 19.4. The molecule has 1 saturated heterocycles. The lowest BCUT2D eigenvalue weighted by Gasteiger charge is -2.22. The molecule has 1 aliphatic rings. The number of carbonyl (C=O) groups excluding carboxylic acids is 1. The molecule has 3 aromatic rings. The van der Waals surface area contributed by atoms with E-state index in [2.05, 4.69) is 17.1 Å². The van der Waals surface area contributed by atoms with Crippen molar-refractivity contribution in [1.29, 1.82) is 0 Å². The molecule has 0 radical (unpaired) electrons. The summed E-state index contributed by atoms with van der Waals surface area (Å²) >= 11 is 0. The van der Waals surface area contributed by atoms with Gasteiger partial charge in [0.05, 0.1) is 0 Å². The number of carbonyl (C=O) groups is 1. The van der Waals surface area contributed by atoms with Crippen molar-refractivity contribution >= 4 is 5.91 Å². The van der Waals surface area contributed by atoms with Crippen molar-refractivity contribution < 1.29 is 9.32 Å². The van der Waals surface area contributed by atoms with E-state index in [1.807, 2.05) is 60.4 Å². The molecule has 1 fully saturated rings. The summed E-state index contributed by atoms with van der Waals surface area (Å²) in [6.07, 6.45) is 2.74. The van der Waals surface area contributed by atoms with Crippen LogP contribution < -0.4 is 0 Å². The molecule has 1 atom stereocenters. The fraction of sp³-hybridized carbons (Fsp3) is 0.318. The Labute approximate surface area is 159 Å². The monoisotopic (exact) mass is 361 g/mol. The summed E-state index contributed by atoms with van der Waals surface area (Å²) < 4.78 is 5.54. The smallest absolute Gasteiger partial charge is 0.254 e. The van der Waals surface area contributed by atoms with Crippen LogP contribution in [0.5, 0.6) is 0 Å². The van der Waals surface area contributed by atoms with Crippen LogP contribution in [-0.4, -0.2) is 27.5 Å². The molecule has 0 bridgehead atoms. The van der Waals surface area contributed by atoms with Crippen LogP contribution in [-0.2, 0) is 6.42 Å². The third kappa shape index (κ3) is 3.50. The standard InChI is InChI=1S/C22H23N3O2/c1-3-16-9-11-17(12-10-16)22(26)25-13-5-8-19(25)21-23-20(24-27-21)18-7-4-6-15(2)14-18/h4,6-7,9-12,14,19H,3,5,8,13H2,1-2H3/t19-/m0/s1. The minimum atomic E-state index is -0.158. The quantitative estimate of drug-likeness (QED) is 0.682. The van der Waals surface area contributed by atoms with Gasteiger partial charge in [0.15, 0.2) is 0 Å². The van der Waals surface area contributed by atoms with E-state index in [-0.39, 0.29) is 11.9 Å². The molecule has 0 spiro atoms. The second-order valence-corrected chi connectivity index (χ2v) is 7.03. The van der Waals surface area contributed by atoms with Gasteiger partial charge in [0, 0.05) is 17.7 Å². The second kappa shape index (κ2) is 7.35. The molecule has 5 nitrogen and oxygen atoms in total. The summed E-state index contributed by atoms with van der Waals surface area (Å²) in [6, 6.07) is 15.7. The number of nitrogens with zero attached hydrogens (tertiary/aromatic N) is 3. The molecular formula is C22H23N3O2. The Morgan fingerprint density at radius 1 is 1.22 bits per heavy atom. The highest BCUT2D eigenvalue weighted by molar-refractivity contribution is 5.94. The minimum Gasteiger partial charge on any atom is -0.337 e. The van der Waals surface area contributed by atoms with Gasteiger partial charge in [-0.2, -0.15) is 4.98 Å². The molecular weight excluding hydrogens is 338 g/mol. The van der Waals surface area contributed by atoms with E-state index in [9.17, 15) is 4.79 Å². The molecule has 0 saturated carbocycles. The van der Waals surface area contributed by atoms with E-state index < -0.39 is 0 Å². The van der Waals surface area contributed by atoms with Crippen molar-refractivity contribution in [1.82, 2.24) is 15.0 Å². The van der Waals surface area contributed by atoms with Gasteiger partial charge in [-0.25, -0.2) is 0 Å². The Kier molecular flexibility index (Phi) is 4.75. The molecule has 27 heavy (non-hydrogen) atoms. The highest BCUT2D eigenvalue weighted by Gasteiger charge is 2.34. The molecule has 2 aromatic carbocycles. The Bertz CT molecular complexity index is 946. The van der Waals surface area contributed by atoms with Crippen molar-refractivity contribution in [3.63, 3.8) is 0 Å². The first-order valence-corrected chi connectivity index (χ1v) is 9.46. The molecule has 0 N–H and O–H groups in total. The first-order valence-electron chi connectivity index (χ1n) is 9.46. The lowest BCUT2D eigenvalue weighted by atomic mass is 10.1. The number of likely N-dealkylation sites (tertiary alicyclic amines) is 1. The van der Waals surface area contributed by atoms with Gasteiger partial charge in [-0.15, -0.1) is 0 Å². The zero-order chi connectivity index (χ0) is 18.8. The minimum absolute atomic E-state index is 0.0236. The van der Waals surface area contributed by atoms with Crippen LogP contribution >= 0.6 is 0 Å². The highest BCUT2D eigenvalue weighted by Crippen LogP contribution is 2.33. The molecule has 1 aliphatic heterocycles. The summed E-state index contributed by atoms with van der Waals surface area (Å²) in [7, 11) is 0. The van der Waals surface area contributed by atoms with Crippen LogP contribution in [0.1, 0.15) is 53.2 Å². The van der Waals surface area contributed by atoms with E-state index in [0.29, 0.717) is 23.8 Å². The van der Waals surface area contributed by atoms with Crippen molar-refractivity contribution in [2.45, 2.75) is 39.2 Å². The Balaban J connectivity index is 1.57. The number of aromatic nitrogens is 2. The number of hydrogen-bond donors (Lipinski definition) is 0. The van der Waals surface area contributed by atoms with Crippen molar-refractivity contribution in [3.8, 4) is 11.4 Å². The topological polar surface area (TPSA) is 59.2 Å². The van der Waals surface area contributed by atoms with Crippen molar-refractivity contribution in [2.24, 2.45) is 0 Å². The number of aryl methyl sites for hydroxylation is 2. The van der Waals surface area contributed by atoms with Crippen molar-refractivity contribution in [2.75, 3.05) is 6.54 Å². The molecule has 2 heterocycles. The SMILES string of the molecule is CCc1ccc(C(=O)N2CCC[C@H]2c2nc(-c3cccc(C)c3)no2)cc1. The fourth-order valence-corrected chi connectivity index (χ4v) is 3.59. The van der Waals surface area contributed by atoms with E-state index in [0.717, 1.165) is 30.4 Å². The molecule has 5 heteroatoms. The molecule has 0 unspecified atom stereocenters. The summed E-state index contributed by atoms with van der Waals surface area (Å²) in [5.74, 6) is 1.11. The maximum Gasteiger partial charge on any atom is 0.254 e. The van der Waals surface area contributed by atoms with Crippen LogP contribution in [0.2, 0.25) is 0 Å². The maximum absolute atomic E-state index is 13.0. The number of benzene rings is 2. The third-order valence-electron chi connectivity index (χ3n) is 5.13. The Morgan fingerprint density at radius 3 is 2.78 bits per heavy atom. The van der Waals surface area contributed by atoms with Crippen LogP contribution in [0.25, 0.3) is 11.4 Å². The summed E-state index contributed by atoms with van der Waals surface area (Å²) in [6.45, 7) is 4.85. The van der Waals surface area contributed by atoms with E-state index in [1.165, 1.54) is 5.56 Å². The largest absolute Gasteiger partial charge is 0.337 e. The van der Waals surface area contributed by atoms with Gasteiger partial charge in [-0.1, -0.05) is 48.0 Å². The van der Waals surface area contributed by atoms with Gasteiger partial charge in [-0.05, 0) is 49.9 Å². The molecule has 4 rings (SSSR count). The van der Waals surface area contributed by atoms with Crippen molar-refractivity contribution in [3.05, 3.63) is 71.1 Å². The van der Waals surface area contributed by atoms with Gasteiger partial charge in [0.1, 0.15) is 6.04 Å². The van der Waals surface area contributed by atoms with Crippen LogP contribution in [0.15, 0.2) is 53.1 Å². The van der Waals surface area contributed by atoms with Gasteiger partial charge >= 0.3 is 0 Å².